The van der Waals surface area contributed by atoms with Crippen LogP contribution in [0.2, 0.25) is 0 Å². The molecule has 1 fully saturated rings. The van der Waals surface area contributed by atoms with Gasteiger partial charge in [-0.05, 0) is 48.7 Å². The zero-order valence-corrected chi connectivity index (χ0v) is 13.7. The van der Waals surface area contributed by atoms with Crippen molar-refractivity contribution in [3.8, 4) is 0 Å². The van der Waals surface area contributed by atoms with Crippen molar-refractivity contribution >= 4 is 29.7 Å². The van der Waals surface area contributed by atoms with Crippen LogP contribution in [0.15, 0.2) is 11.4 Å². The summed E-state index contributed by atoms with van der Waals surface area (Å²) in [6, 6.07) is 2.09. The van der Waals surface area contributed by atoms with Gasteiger partial charge in [0.15, 0.2) is 0 Å². The zero-order valence-electron chi connectivity index (χ0n) is 12.1. The van der Waals surface area contributed by atoms with Crippen molar-refractivity contribution in [3.63, 3.8) is 0 Å². The molecule has 114 valence electrons. The minimum absolute atomic E-state index is 0. The van der Waals surface area contributed by atoms with Crippen LogP contribution >= 0.6 is 23.7 Å². The van der Waals surface area contributed by atoms with E-state index in [1.807, 2.05) is 0 Å². The molecule has 20 heavy (non-hydrogen) atoms. The topological polar surface area (TPSA) is 55.1 Å². The van der Waals surface area contributed by atoms with Crippen LogP contribution in [-0.2, 0) is 11.3 Å². The number of halogens is 1. The van der Waals surface area contributed by atoms with Gasteiger partial charge in [0.25, 0.3) is 0 Å². The molecule has 0 aliphatic heterocycles. The van der Waals surface area contributed by atoms with Crippen molar-refractivity contribution in [2.24, 2.45) is 11.1 Å². The predicted octanol–water partition coefficient (Wildman–Crippen LogP) is 3.39. The molecule has 3 nitrogen and oxygen atoms in total. The lowest BCUT2D eigenvalue weighted by molar-refractivity contribution is -0.124. The minimum Gasteiger partial charge on any atom is -0.351 e. The molecule has 1 saturated carbocycles. The van der Waals surface area contributed by atoms with Gasteiger partial charge in [0.2, 0.25) is 5.91 Å². The monoisotopic (exact) mass is 316 g/mol. The lowest BCUT2D eigenvalue weighted by atomic mass is 9.71. The van der Waals surface area contributed by atoms with Crippen molar-refractivity contribution in [2.45, 2.75) is 52.0 Å². The molecular formula is C15H25ClN2OS. The maximum atomic E-state index is 12.1. The van der Waals surface area contributed by atoms with Gasteiger partial charge in [0.05, 0.1) is 6.54 Å². The third-order valence-corrected chi connectivity index (χ3v) is 5.32. The standard InChI is InChI=1S/C15H24N2OS.ClH/c1-12-5-8-19-13(12)10-17-14(18)9-15(11-16)6-3-2-4-7-15;/h5,8H,2-4,6-7,9-11,16H2,1H3,(H,17,18);1H. The van der Waals surface area contributed by atoms with Crippen molar-refractivity contribution in [3.05, 3.63) is 21.9 Å². The Labute approximate surface area is 131 Å². The largest absolute Gasteiger partial charge is 0.351 e. The van der Waals surface area contributed by atoms with Gasteiger partial charge in [0, 0.05) is 11.3 Å². The summed E-state index contributed by atoms with van der Waals surface area (Å²) in [5.74, 6) is 0.153. The molecule has 5 heteroatoms. The normalized spacial score (nSPS) is 17.3. The second kappa shape index (κ2) is 8.01. The van der Waals surface area contributed by atoms with Gasteiger partial charge in [-0.2, -0.15) is 0 Å². The Morgan fingerprint density at radius 2 is 2.10 bits per heavy atom. The van der Waals surface area contributed by atoms with E-state index in [-0.39, 0.29) is 23.7 Å². The van der Waals surface area contributed by atoms with Crippen LogP contribution < -0.4 is 11.1 Å². The Hall–Kier alpha value is -0.580. The Morgan fingerprint density at radius 3 is 2.65 bits per heavy atom. The Kier molecular flexibility index (Phi) is 7.00. The Bertz CT molecular complexity index is 427. The number of amides is 1. The third kappa shape index (κ3) is 4.47. The summed E-state index contributed by atoms with van der Waals surface area (Å²) in [6.07, 6.45) is 6.53. The summed E-state index contributed by atoms with van der Waals surface area (Å²) in [4.78, 5) is 13.4. The molecule has 1 aliphatic carbocycles. The lowest BCUT2D eigenvalue weighted by Crippen LogP contribution is -2.38. The number of hydrogen-bond acceptors (Lipinski definition) is 3. The van der Waals surface area contributed by atoms with Crippen molar-refractivity contribution in [2.75, 3.05) is 6.54 Å². The highest BCUT2D eigenvalue weighted by atomic mass is 35.5. The van der Waals surface area contributed by atoms with Crippen LogP contribution in [0.1, 0.15) is 49.0 Å². The van der Waals surface area contributed by atoms with Gasteiger partial charge in [-0.1, -0.05) is 19.3 Å². The van der Waals surface area contributed by atoms with E-state index >= 15 is 0 Å². The minimum atomic E-state index is 0. The highest BCUT2D eigenvalue weighted by molar-refractivity contribution is 7.10. The molecule has 0 atom stereocenters. The van der Waals surface area contributed by atoms with Gasteiger partial charge in [-0.25, -0.2) is 0 Å². The Balaban J connectivity index is 0.00000200. The van der Waals surface area contributed by atoms with Gasteiger partial charge in [-0.15, -0.1) is 23.7 Å². The Morgan fingerprint density at radius 1 is 1.40 bits per heavy atom. The van der Waals surface area contributed by atoms with Crippen LogP contribution in [0.4, 0.5) is 0 Å². The first kappa shape index (κ1) is 17.5. The molecule has 2 rings (SSSR count). The predicted molar refractivity (Wildman–Crippen MR) is 87.3 cm³/mol. The van der Waals surface area contributed by atoms with Gasteiger partial charge < -0.3 is 11.1 Å². The molecule has 1 aliphatic rings. The molecule has 1 heterocycles. The first-order valence-corrected chi connectivity index (χ1v) is 8.03. The van der Waals surface area contributed by atoms with Crippen LogP contribution in [0, 0.1) is 12.3 Å². The number of aryl methyl sites for hydroxylation is 1. The van der Waals surface area contributed by atoms with E-state index in [0.717, 1.165) is 12.8 Å². The molecule has 0 spiro atoms. The van der Waals surface area contributed by atoms with Crippen LogP contribution in [0.5, 0.6) is 0 Å². The fraction of sp³-hybridized carbons (Fsp3) is 0.667. The van der Waals surface area contributed by atoms with Crippen LogP contribution in [0.3, 0.4) is 0 Å². The quantitative estimate of drug-likeness (QED) is 0.874. The number of carbonyl (C=O) groups is 1. The van der Waals surface area contributed by atoms with E-state index in [0.29, 0.717) is 19.5 Å². The number of nitrogens with two attached hydrogens (primary N) is 1. The second-order valence-corrected chi connectivity index (χ2v) is 6.75. The molecule has 0 aromatic carbocycles. The lowest BCUT2D eigenvalue weighted by Gasteiger charge is -2.35. The summed E-state index contributed by atoms with van der Waals surface area (Å²) < 4.78 is 0. The summed E-state index contributed by atoms with van der Waals surface area (Å²) in [5.41, 5.74) is 7.25. The number of nitrogens with one attached hydrogen (secondary N) is 1. The highest BCUT2D eigenvalue weighted by Crippen LogP contribution is 2.38. The fourth-order valence-electron chi connectivity index (χ4n) is 2.92. The van der Waals surface area contributed by atoms with E-state index in [1.54, 1.807) is 11.3 Å². The third-order valence-electron chi connectivity index (χ3n) is 4.30. The van der Waals surface area contributed by atoms with Gasteiger partial charge in [0.1, 0.15) is 0 Å². The van der Waals surface area contributed by atoms with E-state index in [1.165, 1.54) is 29.7 Å². The average Bonchev–Trinajstić information content (AvgIpc) is 2.83. The van der Waals surface area contributed by atoms with E-state index in [4.69, 9.17) is 5.73 Å². The zero-order chi connectivity index (χ0) is 13.7. The highest BCUT2D eigenvalue weighted by Gasteiger charge is 2.32. The maximum absolute atomic E-state index is 12.1. The van der Waals surface area contributed by atoms with E-state index in [2.05, 4.69) is 23.7 Å². The molecule has 0 radical (unpaired) electrons. The maximum Gasteiger partial charge on any atom is 0.220 e. The van der Waals surface area contributed by atoms with E-state index in [9.17, 15) is 4.79 Å². The molecule has 1 amide bonds. The summed E-state index contributed by atoms with van der Waals surface area (Å²) in [6.45, 7) is 3.38. The van der Waals surface area contributed by atoms with Crippen LogP contribution in [0.25, 0.3) is 0 Å². The molecule has 0 bridgehead atoms. The summed E-state index contributed by atoms with van der Waals surface area (Å²) >= 11 is 1.70. The fourth-order valence-corrected chi connectivity index (χ4v) is 3.77. The van der Waals surface area contributed by atoms with Crippen molar-refractivity contribution < 1.29 is 4.79 Å². The molecule has 3 N–H and O–H groups in total. The number of carbonyl (C=O) groups excluding carboxylic acids is 1. The molecule has 0 saturated heterocycles. The average molecular weight is 317 g/mol. The molecule has 1 aromatic rings. The summed E-state index contributed by atoms with van der Waals surface area (Å²) in [5, 5.41) is 5.12. The second-order valence-electron chi connectivity index (χ2n) is 5.75. The number of thiophene rings is 1. The summed E-state index contributed by atoms with van der Waals surface area (Å²) in [7, 11) is 0. The molecule has 1 aromatic heterocycles. The van der Waals surface area contributed by atoms with Crippen LogP contribution in [-0.4, -0.2) is 12.5 Å². The van der Waals surface area contributed by atoms with Gasteiger partial charge >= 0.3 is 0 Å². The van der Waals surface area contributed by atoms with Gasteiger partial charge in [-0.3, -0.25) is 4.79 Å². The van der Waals surface area contributed by atoms with Crippen molar-refractivity contribution in [1.82, 2.24) is 5.32 Å². The SMILES string of the molecule is Cc1ccsc1CNC(=O)CC1(CN)CCCCC1.Cl. The molecular weight excluding hydrogens is 292 g/mol. The first-order valence-electron chi connectivity index (χ1n) is 7.15. The number of rotatable bonds is 5. The van der Waals surface area contributed by atoms with E-state index < -0.39 is 0 Å². The smallest absolute Gasteiger partial charge is 0.220 e. The first-order chi connectivity index (χ1) is 9.15. The molecule has 0 unspecified atom stereocenters. The number of hydrogen-bond donors (Lipinski definition) is 2. The van der Waals surface area contributed by atoms with Crippen molar-refractivity contribution in [1.29, 1.82) is 0 Å².